The molecule has 5 aliphatic heterocycles. The molecule has 0 bridgehead atoms. The number of halogens is 6. The van der Waals surface area contributed by atoms with Gasteiger partial charge in [0, 0.05) is 54.1 Å². The fraction of sp³-hybridized carbons (Fsp3) is 0.622. The minimum absolute atomic E-state index is 0. The maximum Gasteiger partial charge on any atom is 1.00 e. The van der Waals surface area contributed by atoms with Gasteiger partial charge in [-0.3, -0.25) is 75.4 Å². The van der Waals surface area contributed by atoms with E-state index in [1.807, 2.05) is 0 Å². The number of imide groups is 5. The fourth-order valence-corrected chi connectivity index (χ4v) is 10.0. The molecule has 93 heavy (non-hydrogen) atoms. The number of rotatable bonds is 18. The molecule has 0 aromatic heterocycles. The average molecular weight is 1580 g/mol. The monoisotopic (exact) mass is 1580 g/mol. The van der Waals surface area contributed by atoms with Crippen molar-refractivity contribution >= 4 is 205 Å². The Hall–Kier alpha value is -4.37. The smallest absolute Gasteiger partial charge is 0.747 e. The van der Waals surface area contributed by atoms with Crippen molar-refractivity contribution in [3.63, 3.8) is 0 Å². The third-order valence-electron chi connectivity index (χ3n) is 9.95. The predicted octanol–water partition coefficient (Wildman–Crippen LogP) is -5.06. The van der Waals surface area contributed by atoms with Crippen LogP contribution in [-0.2, 0) is 168 Å². The molecule has 5 saturated heterocycles. The van der Waals surface area contributed by atoms with Crippen LogP contribution in [0.25, 0.3) is 0 Å². The molecule has 5 unspecified atom stereocenters. The van der Waals surface area contributed by atoms with Crippen LogP contribution in [0.3, 0.4) is 0 Å². The van der Waals surface area contributed by atoms with Crippen molar-refractivity contribution in [1.82, 2.24) is 25.3 Å². The largest absolute Gasteiger partial charge is 1.00 e. The van der Waals surface area contributed by atoms with Crippen molar-refractivity contribution < 1.29 is 210 Å². The summed E-state index contributed by atoms with van der Waals surface area (Å²) >= 11 is 30.6. The summed E-state index contributed by atoms with van der Waals surface area (Å²) < 4.78 is 134. The van der Waals surface area contributed by atoms with Gasteiger partial charge in [0.15, 0.2) is 15.7 Å². The second kappa shape index (κ2) is 38.5. The number of methoxy groups -OCH3 is 3. The van der Waals surface area contributed by atoms with E-state index in [2.05, 4.69) is 55.6 Å². The molecule has 0 aromatic rings. The van der Waals surface area contributed by atoms with Crippen LogP contribution in [0.1, 0.15) is 52.9 Å². The second-order valence-electron chi connectivity index (χ2n) is 15.9. The first kappa shape index (κ1) is 90.7. The molecule has 56 heteroatoms. The maximum atomic E-state index is 12.0. The molecule has 526 valence electrons. The number of hydroxylamine groups is 10. The van der Waals surface area contributed by atoms with Crippen molar-refractivity contribution in [2.75, 3.05) is 49.8 Å². The first-order valence-corrected chi connectivity index (χ1v) is 31.7. The number of carbonyl (C=O) groups excluding carboxylic acids is 14. The maximum absolute atomic E-state index is 12.0. The van der Waals surface area contributed by atoms with E-state index in [4.69, 9.17) is 89.0 Å². The van der Waals surface area contributed by atoms with Crippen LogP contribution >= 0.6 is 81.6 Å². The summed E-state index contributed by atoms with van der Waals surface area (Å²) in [5.74, 6) is -13.8. The average Bonchev–Trinajstić information content (AvgIpc) is 1.69. The van der Waals surface area contributed by atoms with Crippen molar-refractivity contribution in [2.45, 2.75) is 93.1 Å². The molecule has 1 N–H and O–H groups in total. The Kier molecular flexibility index (Phi) is 37.6. The van der Waals surface area contributed by atoms with Gasteiger partial charge in [0.2, 0.25) is 0 Å². The van der Waals surface area contributed by atoms with E-state index in [9.17, 15) is 105 Å². The Bertz CT molecular complexity index is 3250. The quantitative estimate of drug-likeness (QED) is 0.0109. The summed E-state index contributed by atoms with van der Waals surface area (Å²) in [5, 5.41) is 4.28. The Morgan fingerprint density at radius 1 is 0.484 bits per heavy atom. The fourth-order valence-electron chi connectivity index (χ4n) is 5.60. The second-order valence-corrected chi connectivity index (χ2v) is 28.4. The van der Waals surface area contributed by atoms with E-state index in [0.29, 0.717) is 12.0 Å². The number of alkyl halides is 6. The van der Waals surface area contributed by atoms with Gasteiger partial charge >= 0.3 is 61.8 Å². The molecule has 5 atom stereocenters. The summed E-state index contributed by atoms with van der Waals surface area (Å²) in [5.41, 5.74) is 0. The zero-order valence-corrected chi connectivity index (χ0v) is 59.0. The van der Waals surface area contributed by atoms with Crippen molar-refractivity contribution in [1.29, 1.82) is 0 Å². The number of ether oxygens (including phenoxy) is 5. The molecule has 5 rings (SSSR count). The Balaban J connectivity index is 0. The summed E-state index contributed by atoms with van der Waals surface area (Å²) in [6.45, 7) is 3.60. The third kappa shape index (κ3) is 29.1. The Labute approximate surface area is 579 Å². The molecule has 0 aliphatic carbocycles. The Morgan fingerprint density at radius 2 is 0.785 bits per heavy atom. The van der Waals surface area contributed by atoms with Gasteiger partial charge in [-0.2, -0.15) is 35.1 Å². The number of amides is 10. The molecular weight excluding hydrogens is 1530 g/mol. The van der Waals surface area contributed by atoms with Crippen LogP contribution < -0.4 is 29.6 Å². The van der Waals surface area contributed by atoms with Crippen molar-refractivity contribution in [3.05, 3.63) is 0 Å². The molecule has 0 aromatic carbocycles. The van der Waals surface area contributed by atoms with Crippen LogP contribution in [0.15, 0.2) is 0 Å². The predicted molar refractivity (Wildman–Crippen MR) is 286 cm³/mol. The third-order valence-corrected chi connectivity index (χ3v) is 16.8. The minimum atomic E-state index is -4.91. The van der Waals surface area contributed by atoms with Gasteiger partial charge in [0.05, 0.1) is 60.5 Å². The number of hydrogen-bond donors (Lipinski definition) is 1. The summed E-state index contributed by atoms with van der Waals surface area (Å²) in [6.07, 6.45) is -6.45. The summed E-state index contributed by atoms with van der Waals surface area (Å²) in [7, 11) is -9.33. The van der Waals surface area contributed by atoms with Gasteiger partial charge in [-0.25, -0.2) is 27.7 Å². The number of nitrogens with zero attached hydrogens (tertiary/aromatic N) is 5. The van der Waals surface area contributed by atoms with Crippen LogP contribution in [0, 0.1) is 0 Å². The zero-order valence-electron chi connectivity index (χ0n) is 48.4. The van der Waals surface area contributed by atoms with Gasteiger partial charge in [-0.15, -0.1) is 14.5 Å². The van der Waals surface area contributed by atoms with Crippen LogP contribution in [0.2, 0.25) is 0 Å². The van der Waals surface area contributed by atoms with Gasteiger partial charge < -0.3 is 37.9 Å². The molecular formula is C37H46Cl6N5NaO39S5. The zero-order chi connectivity index (χ0) is 72.2. The molecule has 0 spiro atoms. The normalized spacial score (nSPS) is 20.2. The first-order chi connectivity index (χ1) is 41.8. The van der Waals surface area contributed by atoms with E-state index < -0.39 is 196 Å². The molecule has 10 amide bonds. The molecule has 5 aliphatic rings. The standard InChI is InChI=1S/C11H12N2O13S2.C7H9NO7S.C6H7NO7S.C5H7NO6S.C5H12O3.C3Cl6O3.Na/c1-21-25-26-27-5-3-7(14)12(9(5)16)23-11(18)24-13-8(15)4-6(10(13)17)28(19,20)22-2;1-4(9)15-8-6(10)3-5(7(8)11)16(12,13)14-2;1-3(8)14-7-5(9)2-4(6(7)10)15(11,12)13;1-12-13(10,11)3-2-4(7)6(9)5(3)8;1-5(6-2,7-3)8-4;4-2(5,6)11-1(10)12-3(7,8)9;/h5-6H,3-4H2,1-2H3;5H,3H2,1-2H3;4H,2H2,1H3,(H,11,12,13);3,9H,2H2,1H3;1-4H3;;/q;;;;;;+1/p-1. The van der Waals surface area contributed by atoms with Crippen LogP contribution in [0.4, 0.5) is 9.59 Å². The van der Waals surface area contributed by atoms with E-state index in [0.717, 1.165) is 42.3 Å². The minimum Gasteiger partial charge on any atom is -0.747 e. The molecule has 5 heterocycles. The summed E-state index contributed by atoms with van der Waals surface area (Å²) in [6, 6.07) is 0. The van der Waals surface area contributed by atoms with Gasteiger partial charge in [0.25, 0.3) is 95.4 Å². The van der Waals surface area contributed by atoms with Gasteiger partial charge in [-0.05, 0) is 69.6 Å². The molecule has 0 saturated carbocycles. The molecule has 5 fully saturated rings. The van der Waals surface area contributed by atoms with Gasteiger partial charge in [-0.1, -0.05) is 15.2 Å². The SMILES string of the molecule is CC(=O)ON1C(=O)CC(S(=O)(=O)[O-])C1=O.COC(C)(OC)OC.COOOSC1CC(=O)N(OC(=O)ON2C(=O)CC(S(=O)(=O)OC)C2=O)C1=O.COS(=O)(=O)C1CC(=O)N(O)C1=O.COS(=O)(=O)C1CC(=O)N(OC(C)=O)C1=O.O=C(OC(Cl)(Cl)Cl)OC(Cl)(Cl)Cl.[Na+]. The Morgan fingerprint density at radius 3 is 1.05 bits per heavy atom. The first-order valence-electron chi connectivity index (χ1n) is 22.7. The van der Waals surface area contributed by atoms with E-state index in [1.165, 1.54) is 21.3 Å². The molecule has 44 nitrogen and oxygen atoms in total. The van der Waals surface area contributed by atoms with Crippen LogP contribution in [-0.4, -0.2) is 242 Å². The number of hydrogen-bond acceptors (Lipinski definition) is 40. The topological polar surface area (TPSA) is 573 Å². The molecule has 0 radical (unpaired) electrons. The van der Waals surface area contributed by atoms with Crippen LogP contribution in [0.5, 0.6) is 0 Å². The van der Waals surface area contributed by atoms with E-state index >= 15 is 0 Å². The van der Waals surface area contributed by atoms with E-state index in [-0.39, 0.29) is 54.9 Å². The van der Waals surface area contributed by atoms with E-state index in [1.54, 1.807) is 6.92 Å². The summed E-state index contributed by atoms with van der Waals surface area (Å²) in [4.78, 5) is 178. The van der Waals surface area contributed by atoms with Crippen molar-refractivity contribution in [2.24, 2.45) is 0 Å². The number of carbonyl (C=O) groups is 14. The van der Waals surface area contributed by atoms with Crippen molar-refractivity contribution in [3.8, 4) is 0 Å². The van der Waals surface area contributed by atoms with Gasteiger partial charge in [0.1, 0.15) is 20.6 Å².